The van der Waals surface area contributed by atoms with E-state index in [0.29, 0.717) is 33.9 Å². The van der Waals surface area contributed by atoms with Crippen LogP contribution in [0.3, 0.4) is 0 Å². The van der Waals surface area contributed by atoms with E-state index in [2.05, 4.69) is 25.4 Å². The van der Waals surface area contributed by atoms with Crippen molar-refractivity contribution in [3.05, 3.63) is 78.2 Å². The van der Waals surface area contributed by atoms with Gasteiger partial charge < -0.3 is 20.1 Å². The molecular weight excluding hydrogens is 444 g/mol. The Morgan fingerprint density at radius 3 is 2.80 bits per heavy atom. The topological polar surface area (TPSA) is 118 Å². The smallest absolute Gasteiger partial charge is 0.251 e. The number of nitrogens with zero attached hydrogens (tertiary/aromatic N) is 4. The molecule has 1 amide bonds. The minimum atomic E-state index is -0.201. The highest BCUT2D eigenvalue weighted by Crippen LogP contribution is 2.35. The molecule has 3 N–H and O–H groups in total. The first-order chi connectivity index (χ1) is 16.9. The number of hydrogen-bond donors (Lipinski definition) is 3. The number of carbonyl (C=O) groups is 1. The molecule has 5 aromatic rings. The molecule has 0 saturated heterocycles. The molecule has 9 heteroatoms. The van der Waals surface area contributed by atoms with Gasteiger partial charge in [-0.2, -0.15) is 5.10 Å². The zero-order valence-corrected chi connectivity index (χ0v) is 19.5. The average molecular weight is 469 g/mol. The number of aromatic nitrogens is 5. The summed E-state index contributed by atoms with van der Waals surface area (Å²) < 4.78 is 7.08. The molecule has 0 radical (unpaired) electrons. The molecule has 0 saturated carbocycles. The first-order valence-electron chi connectivity index (χ1n) is 11.0. The zero-order valence-electron chi connectivity index (χ0n) is 19.5. The average Bonchev–Trinajstić information content (AvgIpc) is 3.50. The largest absolute Gasteiger partial charge is 0.507 e. The number of benzene rings is 2. The van der Waals surface area contributed by atoms with Gasteiger partial charge in [-0.3, -0.25) is 9.48 Å². The first kappa shape index (κ1) is 22.1. The standard InChI is InChI=1S/C26H24N6O3/c1-15(18-13-28-32(2)14-18)29-25(34)17-6-8-21-22(12-17)31-24(30-21)20-11-16(7-9-23(20)33)19-5-4-10-27-26(19)35-3/h4-15,33H,1-3H3,(H,29,34)(H,30,31). The molecule has 1 atom stereocenters. The second-order valence-corrected chi connectivity index (χ2v) is 8.25. The van der Waals surface area contributed by atoms with E-state index < -0.39 is 0 Å². The second-order valence-electron chi connectivity index (χ2n) is 8.25. The summed E-state index contributed by atoms with van der Waals surface area (Å²) in [6, 6.07) is 14.0. The van der Waals surface area contributed by atoms with Crippen LogP contribution < -0.4 is 10.1 Å². The fraction of sp³-hybridized carbons (Fsp3) is 0.154. The van der Waals surface area contributed by atoms with Crippen molar-refractivity contribution >= 4 is 16.9 Å². The van der Waals surface area contributed by atoms with Crippen LogP contribution in [-0.4, -0.2) is 42.9 Å². The molecular formula is C26H24N6O3. The van der Waals surface area contributed by atoms with Gasteiger partial charge in [0.25, 0.3) is 5.91 Å². The third kappa shape index (κ3) is 4.31. The lowest BCUT2D eigenvalue weighted by Gasteiger charge is -2.12. The predicted molar refractivity (Wildman–Crippen MR) is 132 cm³/mol. The molecule has 3 aromatic heterocycles. The number of fused-ring (bicyclic) bond motifs is 1. The fourth-order valence-electron chi connectivity index (χ4n) is 3.97. The molecule has 0 aliphatic rings. The third-order valence-electron chi connectivity index (χ3n) is 5.84. The lowest BCUT2D eigenvalue weighted by atomic mass is 10.0. The maximum absolute atomic E-state index is 12.8. The number of imidazole rings is 1. The minimum absolute atomic E-state index is 0.0823. The summed E-state index contributed by atoms with van der Waals surface area (Å²) in [5.41, 5.74) is 4.95. The number of amides is 1. The molecule has 0 bridgehead atoms. The number of hydrogen-bond acceptors (Lipinski definition) is 6. The number of phenolic OH excluding ortho intramolecular Hbond substituents is 1. The van der Waals surface area contributed by atoms with Crippen LogP contribution in [0.4, 0.5) is 0 Å². The molecule has 3 heterocycles. The van der Waals surface area contributed by atoms with E-state index in [9.17, 15) is 9.90 Å². The van der Waals surface area contributed by atoms with Crippen molar-refractivity contribution in [1.82, 2.24) is 30.0 Å². The Hall–Kier alpha value is -4.66. The highest BCUT2D eigenvalue weighted by Gasteiger charge is 2.16. The van der Waals surface area contributed by atoms with Crippen LogP contribution in [0.2, 0.25) is 0 Å². The van der Waals surface area contributed by atoms with Crippen molar-refractivity contribution in [1.29, 1.82) is 0 Å². The number of aromatic amines is 1. The second kappa shape index (κ2) is 8.94. The summed E-state index contributed by atoms with van der Waals surface area (Å²) in [6.07, 6.45) is 5.27. The van der Waals surface area contributed by atoms with E-state index in [1.165, 1.54) is 0 Å². The monoisotopic (exact) mass is 468 g/mol. The SMILES string of the molecule is COc1ncccc1-c1ccc(O)c(-c2nc3ccc(C(=O)NC(C)c4cnn(C)c4)cc3[nH]2)c1. The number of methoxy groups -OCH3 is 1. The van der Waals surface area contributed by atoms with Gasteiger partial charge in [-0.05, 0) is 55.0 Å². The van der Waals surface area contributed by atoms with Gasteiger partial charge in [0.2, 0.25) is 5.88 Å². The molecule has 35 heavy (non-hydrogen) atoms. The highest BCUT2D eigenvalue weighted by molar-refractivity contribution is 5.98. The van der Waals surface area contributed by atoms with E-state index >= 15 is 0 Å². The molecule has 0 aliphatic heterocycles. The molecule has 2 aromatic carbocycles. The molecule has 176 valence electrons. The van der Waals surface area contributed by atoms with Gasteiger partial charge >= 0.3 is 0 Å². The molecule has 1 unspecified atom stereocenters. The summed E-state index contributed by atoms with van der Waals surface area (Å²) >= 11 is 0. The number of rotatable bonds is 6. The minimum Gasteiger partial charge on any atom is -0.507 e. The van der Waals surface area contributed by atoms with E-state index in [-0.39, 0.29) is 17.7 Å². The Morgan fingerprint density at radius 2 is 2.03 bits per heavy atom. The Bertz CT molecular complexity index is 1540. The van der Waals surface area contributed by atoms with Crippen LogP contribution in [0.15, 0.2) is 67.1 Å². The van der Waals surface area contributed by atoms with E-state index in [0.717, 1.165) is 16.7 Å². The van der Waals surface area contributed by atoms with Gasteiger partial charge in [-0.1, -0.05) is 6.07 Å². The highest BCUT2D eigenvalue weighted by atomic mass is 16.5. The molecule has 5 rings (SSSR count). The molecule has 0 fully saturated rings. The Kier molecular flexibility index (Phi) is 5.66. The summed E-state index contributed by atoms with van der Waals surface area (Å²) in [4.78, 5) is 25.0. The van der Waals surface area contributed by atoms with Crippen molar-refractivity contribution in [3.8, 4) is 34.1 Å². The van der Waals surface area contributed by atoms with Gasteiger partial charge in [0.15, 0.2) is 0 Å². The number of aromatic hydroxyl groups is 1. The van der Waals surface area contributed by atoms with Crippen molar-refractivity contribution in [3.63, 3.8) is 0 Å². The van der Waals surface area contributed by atoms with Crippen LogP contribution in [-0.2, 0) is 7.05 Å². The summed E-state index contributed by atoms with van der Waals surface area (Å²) in [6.45, 7) is 1.91. The number of H-pyrrole nitrogens is 1. The maximum Gasteiger partial charge on any atom is 0.251 e. The van der Waals surface area contributed by atoms with Crippen molar-refractivity contribution in [2.24, 2.45) is 7.05 Å². The quantitative estimate of drug-likeness (QED) is 0.343. The van der Waals surface area contributed by atoms with Crippen molar-refractivity contribution in [2.75, 3.05) is 7.11 Å². The zero-order chi connectivity index (χ0) is 24.5. The number of phenols is 1. The molecule has 9 nitrogen and oxygen atoms in total. The van der Waals surface area contributed by atoms with E-state index in [1.807, 2.05) is 38.4 Å². The molecule has 0 spiro atoms. The van der Waals surface area contributed by atoms with Crippen LogP contribution in [0, 0.1) is 0 Å². The summed E-state index contributed by atoms with van der Waals surface area (Å²) in [5.74, 6) is 0.861. The van der Waals surface area contributed by atoms with Crippen LogP contribution in [0.5, 0.6) is 11.6 Å². The van der Waals surface area contributed by atoms with Crippen LogP contribution in [0.25, 0.3) is 33.5 Å². The van der Waals surface area contributed by atoms with Gasteiger partial charge in [0.05, 0.1) is 35.9 Å². The number of ether oxygens (including phenoxy) is 1. The Balaban J connectivity index is 1.45. The van der Waals surface area contributed by atoms with E-state index in [1.54, 1.807) is 54.5 Å². The lowest BCUT2D eigenvalue weighted by molar-refractivity contribution is 0.0940. The number of carbonyl (C=O) groups excluding carboxylic acids is 1. The summed E-state index contributed by atoms with van der Waals surface area (Å²) in [5, 5.41) is 17.7. The van der Waals surface area contributed by atoms with Crippen LogP contribution in [0.1, 0.15) is 28.9 Å². The van der Waals surface area contributed by atoms with E-state index in [4.69, 9.17) is 4.74 Å². The van der Waals surface area contributed by atoms with Gasteiger partial charge in [0.1, 0.15) is 11.6 Å². The lowest BCUT2D eigenvalue weighted by Crippen LogP contribution is -2.26. The normalized spacial score (nSPS) is 12.0. The molecule has 0 aliphatic carbocycles. The third-order valence-corrected chi connectivity index (χ3v) is 5.84. The number of pyridine rings is 1. The van der Waals surface area contributed by atoms with Gasteiger partial charge in [-0.25, -0.2) is 9.97 Å². The van der Waals surface area contributed by atoms with Gasteiger partial charge in [-0.15, -0.1) is 0 Å². The Morgan fingerprint density at radius 1 is 1.17 bits per heavy atom. The number of nitrogens with one attached hydrogen (secondary N) is 2. The van der Waals surface area contributed by atoms with Gasteiger partial charge in [0, 0.05) is 36.1 Å². The van der Waals surface area contributed by atoms with Crippen molar-refractivity contribution in [2.45, 2.75) is 13.0 Å². The summed E-state index contributed by atoms with van der Waals surface area (Å²) in [7, 11) is 3.40. The fourth-order valence-corrected chi connectivity index (χ4v) is 3.97. The van der Waals surface area contributed by atoms with Crippen LogP contribution >= 0.6 is 0 Å². The first-order valence-corrected chi connectivity index (χ1v) is 11.0. The maximum atomic E-state index is 12.8. The van der Waals surface area contributed by atoms with Crippen molar-refractivity contribution < 1.29 is 14.6 Å². The Labute approximate surface area is 201 Å². The predicted octanol–water partition coefficient (Wildman–Crippen LogP) is 4.23. The number of aryl methyl sites for hydroxylation is 1.